The van der Waals surface area contributed by atoms with E-state index in [1.54, 1.807) is 17.8 Å². The summed E-state index contributed by atoms with van der Waals surface area (Å²) in [5.41, 5.74) is 0.0854. The smallest absolute Gasteiger partial charge is 0.387 e. The Balaban J connectivity index is 2.56. The molecule has 1 unspecified atom stereocenters. The van der Waals surface area contributed by atoms with Crippen LogP contribution in [0.3, 0.4) is 0 Å². The lowest BCUT2D eigenvalue weighted by Gasteiger charge is -2.15. The number of carbonyl (C=O) groups excluding carboxylic acids is 2. The average Bonchev–Trinajstić information content (AvgIpc) is 2.48. The molecule has 0 aromatic heterocycles. The van der Waals surface area contributed by atoms with Crippen LogP contribution in [0.5, 0.6) is 5.75 Å². The van der Waals surface area contributed by atoms with Crippen molar-refractivity contribution >= 4 is 29.3 Å². The first-order valence-electron chi connectivity index (χ1n) is 7.06. The highest BCUT2D eigenvalue weighted by molar-refractivity contribution is 7.99. The van der Waals surface area contributed by atoms with Crippen LogP contribution in [-0.2, 0) is 14.3 Å². The van der Waals surface area contributed by atoms with Crippen molar-refractivity contribution in [2.24, 2.45) is 0 Å². The highest BCUT2D eigenvalue weighted by Gasteiger charge is 2.19. The van der Waals surface area contributed by atoms with Crippen LogP contribution in [0.15, 0.2) is 24.3 Å². The molecule has 0 saturated heterocycles. The van der Waals surface area contributed by atoms with Crippen LogP contribution in [-0.4, -0.2) is 36.1 Å². The number of anilines is 1. The number of esters is 1. The maximum absolute atomic E-state index is 12.3. The molecule has 1 N–H and O–H groups in total. The third-order valence-corrected chi connectivity index (χ3v) is 3.59. The normalized spacial score (nSPS) is 11.9. The first-order chi connectivity index (χ1) is 10.9. The van der Waals surface area contributed by atoms with Gasteiger partial charge in [0.05, 0.1) is 12.1 Å². The van der Waals surface area contributed by atoms with E-state index in [0.717, 1.165) is 5.75 Å². The summed E-state index contributed by atoms with van der Waals surface area (Å²) < 4.78 is 33.9. The number of carbonyl (C=O) groups is 2. The van der Waals surface area contributed by atoms with Gasteiger partial charge < -0.3 is 14.8 Å². The quantitative estimate of drug-likeness (QED) is 0.548. The van der Waals surface area contributed by atoms with Crippen molar-refractivity contribution < 1.29 is 27.8 Å². The van der Waals surface area contributed by atoms with Gasteiger partial charge in [0.15, 0.2) is 6.10 Å². The molecule has 1 atom stereocenters. The SMILES string of the molecule is CCSCCC(=O)OC(C)C(=O)Nc1ccccc1OC(F)F. The molecule has 1 aromatic carbocycles. The second kappa shape index (κ2) is 10.0. The number of benzene rings is 1. The van der Waals surface area contributed by atoms with E-state index >= 15 is 0 Å². The Morgan fingerprint density at radius 1 is 1.30 bits per heavy atom. The Hall–Kier alpha value is -1.83. The van der Waals surface area contributed by atoms with Crippen molar-refractivity contribution in [2.45, 2.75) is 33.0 Å². The zero-order chi connectivity index (χ0) is 17.2. The van der Waals surface area contributed by atoms with E-state index in [1.807, 2.05) is 6.92 Å². The number of thioether (sulfide) groups is 1. The summed E-state index contributed by atoms with van der Waals surface area (Å²) in [6.45, 7) is 0.390. The van der Waals surface area contributed by atoms with Crippen molar-refractivity contribution in [3.63, 3.8) is 0 Å². The minimum absolute atomic E-state index is 0.0854. The summed E-state index contributed by atoms with van der Waals surface area (Å²) in [4.78, 5) is 23.5. The molecule has 0 bridgehead atoms. The first kappa shape index (κ1) is 19.2. The van der Waals surface area contributed by atoms with Gasteiger partial charge in [-0.15, -0.1) is 0 Å². The van der Waals surface area contributed by atoms with Crippen LogP contribution in [0.1, 0.15) is 20.3 Å². The lowest BCUT2D eigenvalue weighted by atomic mass is 10.2. The van der Waals surface area contributed by atoms with Crippen LogP contribution in [0.25, 0.3) is 0 Å². The summed E-state index contributed by atoms with van der Waals surface area (Å²) in [5.74, 6) is 0.255. The van der Waals surface area contributed by atoms with E-state index < -0.39 is 24.6 Å². The third kappa shape index (κ3) is 7.32. The molecule has 0 heterocycles. The fourth-order valence-corrected chi connectivity index (χ4v) is 2.21. The molecule has 1 aromatic rings. The molecule has 0 radical (unpaired) electrons. The van der Waals surface area contributed by atoms with Gasteiger partial charge in [-0.3, -0.25) is 9.59 Å². The molecule has 0 saturated carbocycles. The molecule has 5 nitrogen and oxygen atoms in total. The van der Waals surface area contributed by atoms with Crippen LogP contribution >= 0.6 is 11.8 Å². The van der Waals surface area contributed by atoms with Gasteiger partial charge in [0.25, 0.3) is 5.91 Å². The predicted octanol–water partition coefficient (Wildman–Crippen LogP) is 3.30. The summed E-state index contributed by atoms with van der Waals surface area (Å²) in [6, 6.07) is 5.79. The summed E-state index contributed by atoms with van der Waals surface area (Å²) in [6.07, 6.45) is -0.824. The summed E-state index contributed by atoms with van der Waals surface area (Å²) in [7, 11) is 0. The van der Waals surface area contributed by atoms with Crippen molar-refractivity contribution in [3.8, 4) is 5.75 Å². The molecule has 23 heavy (non-hydrogen) atoms. The predicted molar refractivity (Wildman–Crippen MR) is 84.9 cm³/mol. The Bertz CT molecular complexity index is 528. The second-order valence-electron chi connectivity index (χ2n) is 4.44. The molecule has 0 fully saturated rings. The number of hydrogen-bond acceptors (Lipinski definition) is 5. The monoisotopic (exact) mass is 347 g/mol. The standard InChI is InChI=1S/C15H19F2NO4S/c1-3-23-9-8-13(19)21-10(2)14(20)18-11-6-4-5-7-12(11)22-15(16)17/h4-7,10,15H,3,8-9H2,1-2H3,(H,18,20). The lowest BCUT2D eigenvalue weighted by Crippen LogP contribution is -2.30. The number of hydrogen-bond donors (Lipinski definition) is 1. The molecular formula is C15H19F2NO4S. The Morgan fingerprint density at radius 3 is 2.65 bits per heavy atom. The van der Waals surface area contributed by atoms with Gasteiger partial charge in [-0.25, -0.2) is 0 Å². The number of rotatable bonds is 9. The van der Waals surface area contributed by atoms with Crippen LogP contribution in [0.4, 0.5) is 14.5 Å². The van der Waals surface area contributed by atoms with Crippen molar-refractivity contribution in [3.05, 3.63) is 24.3 Å². The number of ether oxygens (including phenoxy) is 2. The molecule has 0 aliphatic heterocycles. The number of nitrogens with one attached hydrogen (secondary N) is 1. The molecule has 0 aliphatic rings. The fourth-order valence-electron chi connectivity index (χ4n) is 1.61. The zero-order valence-electron chi connectivity index (χ0n) is 12.9. The first-order valence-corrected chi connectivity index (χ1v) is 8.21. The topological polar surface area (TPSA) is 64.6 Å². The number of alkyl halides is 2. The van der Waals surface area contributed by atoms with Crippen LogP contribution in [0, 0.1) is 0 Å². The summed E-state index contributed by atoms with van der Waals surface area (Å²) >= 11 is 1.59. The molecule has 0 aliphatic carbocycles. The Morgan fingerprint density at radius 2 is 2.00 bits per heavy atom. The molecule has 1 rings (SSSR count). The van der Waals surface area contributed by atoms with E-state index in [0.29, 0.717) is 5.75 Å². The minimum atomic E-state index is -3.00. The Labute approximate surface area is 137 Å². The minimum Gasteiger partial charge on any atom is -0.453 e. The highest BCUT2D eigenvalue weighted by Crippen LogP contribution is 2.25. The summed E-state index contributed by atoms with van der Waals surface area (Å²) in [5, 5.41) is 2.41. The molecular weight excluding hydrogens is 328 g/mol. The van der Waals surface area contributed by atoms with Gasteiger partial charge in [0.1, 0.15) is 5.75 Å². The van der Waals surface area contributed by atoms with Crippen molar-refractivity contribution in [1.82, 2.24) is 0 Å². The largest absolute Gasteiger partial charge is 0.453 e. The van der Waals surface area contributed by atoms with E-state index in [4.69, 9.17) is 4.74 Å². The van der Waals surface area contributed by atoms with Gasteiger partial charge in [-0.1, -0.05) is 19.1 Å². The zero-order valence-corrected chi connectivity index (χ0v) is 13.7. The molecule has 0 spiro atoms. The average molecular weight is 347 g/mol. The number of halogens is 2. The maximum Gasteiger partial charge on any atom is 0.387 e. The van der Waals surface area contributed by atoms with Crippen LogP contribution < -0.4 is 10.1 Å². The number of amides is 1. The van der Waals surface area contributed by atoms with Gasteiger partial charge >= 0.3 is 12.6 Å². The van der Waals surface area contributed by atoms with E-state index in [2.05, 4.69) is 10.1 Å². The molecule has 128 valence electrons. The maximum atomic E-state index is 12.3. The van der Waals surface area contributed by atoms with Crippen LogP contribution in [0.2, 0.25) is 0 Å². The lowest BCUT2D eigenvalue weighted by molar-refractivity contribution is -0.152. The molecule has 8 heteroatoms. The van der Waals surface area contributed by atoms with Gasteiger partial charge in [-0.2, -0.15) is 20.5 Å². The fraction of sp³-hybridized carbons (Fsp3) is 0.467. The van der Waals surface area contributed by atoms with E-state index in [9.17, 15) is 18.4 Å². The van der Waals surface area contributed by atoms with Crippen molar-refractivity contribution in [1.29, 1.82) is 0 Å². The second-order valence-corrected chi connectivity index (χ2v) is 5.84. The number of para-hydroxylation sites is 2. The van der Waals surface area contributed by atoms with E-state index in [1.165, 1.54) is 25.1 Å². The van der Waals surface area contributed by atoms with Crippen molar-refractivity contribution in [2.75, 3.05) is 16.8 Å². The van der Waals surface area contributed by atoms with E-state index in [-0.39, 0.29) is 17.9 Å². The Kier molecular flexibility index (Phi) is 8.39. The highest BCUT2D eigenvalue weighted by atomic mass is 32.2. The molecule has 1 amide bonds. The van der Waals surface area contributed by atoms with Gasteiger partial charge in [0.2, 0.25) is 0 Å². The third-order valence-electron chi connectivity index (χ3n) is 2.69. The van der Waals surface area contributed by atoms with Gasteiger partial charge in [0, 0.05) is 5.75 Å². The van der Waals surface area contributed by atoms with Gasteiger partial charge in [-0.05, 0) is 24.8 Å².